The largest absolute Gasteiger partial charge is 0.243 e. The van der Waals surface area contributed by atoms with E-state index in [4.69, 9.17) is 0 Å². The third-order valence-electron chi connectivity index (χ3n) is 3.72. The van der Waals surface area contributed by atoms with Crippen molar-refractivity contribution in [3.8, 4) is 0 Å². The fourth-order valence-electron chi connectivity index (χ4n) is 2.68. The Hall–Kier alpha value is -1.47. The first-order chi connectivity index (χ1) is 9.67. The van der Waals surface area contributed by atoms with E-state index < -0.39 is 10.0 Å². The lowest BCUT2D eigenvalue weighted by Gasteiger charge is -2.16. The van der Waals surface area contributed by atoms with Gasteiger partial charge in [0.2, 0.25) is 10.0 Å². The molecule has 0 unspecified atom stereocenters. The average Bonchev–Trinajstić information content (AvgIpc) is 2.76. The number of nitrogens with one attached hydrogen (secondary N) is 1. The monoisotopic (exact) mass is 295 g/mol. The Morgan fingerprint density at radius 1 is 1.10 bits per heavy atom. The van der Waals surface area contributed by atoms with E-state index in [0.717, 1.165) is 25.7 Å². The van der Waals surface area contributed by atoms with Crippen molar-refractivity contribution in [2.24, 2.45) is 0 Å². The Labute approximate surface area is 117 Å². The zero-order chi connectivity index (χ0) is 14.0. The van der Waals surface area contributed by atoms with Crippen LogP contribution in [0.3, 0.4) is 0 Å². The third kappa shape index (κ3) is 2.69. The number of fused-ring (bicyclic) bond motifs is 1. The van der Waals surface area contributed by atoms with E-state index in [1.165, 1.54) is 18.9 Å². The summed E-state index contributed by atoms with van der Waals surface area (Å²) in [6.45, 7) is 0. The lowest BCUT2D eigenvalue weighted by atomic mass is 10.1. The van der Waals surface area contributed by atoms with Gasteiger partial charge in [0.25, 0.3) is 0 Å². The van der Waals surface area contributed by atoms with Gasteiger partial charge in [0, 0.05) is 6.04 Å². The van der Waals surface area contributed by atoms with E-state index >= 15 is 0 Å². The molecule has 1 aromatic heterocycles. The van der Waals surface area contributed by atoms with Crippen molar-refractivity contribution >= 4 is 21.1 Å². The summed E-state index contributed by atoms with van der Waals surface area (Å²) in [5, 5.41) is 7.37. The quantitative estimate of drug-likeness (QED) is 0.878. The van der Waals surface area contributed by atoms with Crippen molar-refractivity contribution in [1.29, 1.82) is 0 Å². The molecule has 1 aliphatic rings. The Kier molecular flexibility index (Phi) is 3.71. The summed E-state index contributed by atoms with van der Waals surface area (Å²) < 4.78 is 32.4. The second-order valence-corrected chi connectivity index (χ2v) is 6.88. The van der Waals surface area contributed by atoms with E-state index in [1.54, 1.807) is 12.1 Å². The molecule has 2 aromatic rings. The van der Waals surface area contributed by atoms with Crippen LogP contribution < -0.4 is 4.72 Å². The number of benzene rings is 1. The molecular weight excluding hydrogens is 278 g/mol. The van der Waals surface area contributed by atoms with E-state index in [2.05, 4.69) is 19.7 Å². The molecule has 0 radical (unpaired) electrons. The highest BCUT2D eigenvalue weighted by molar-refractivity contribution is 7.89. The van der Waals surface area contributed by atoms with Crippen LogP contribution >= 0.6 is 0 Å². The number of sulfonamides is 1. The second kappa shape index (κ2) is 5.49. The second-order valence-electron chi connectivity index (χ2n) is 5.20. The van der Waals surface area contributed by atoms with E-state index in [-0.39, 0.29) is 16.5 Å². The SMILES string of the molecule is O=S(=O)(NC1CCCCCC1)c1cccc2nonc12. The summed E-state index contributed by atoms with van der Waals surface area (Å²) in [5.74, 6) is 0. The molecule has 0 aliphatic heterocycles. The summed E-state index contributed by atoms with van der Waals surface area (Å²) in [6.07, 6.45) is 6.30. The number of rotatable bonds is 3. The molecule has 6 nitrogen and oxygen atoms in total. The van der Waals surface area contributed by atoms with Crippen LogP contribution in [0, 0.1) is 0 Å². The molecule has 1 saturated carbocycles. The van der Waals surface area contributed by atoms with Crippen LogP contribution in [-0.2, 0) is 10.0 Å². The van der Waals surface area contributed by atoms with Gasteiger partial charge in [-0.05, 0) is 35.3 Å². The normalized spacial score (nSPS) is 18.2. The zero-order valence-corrected chi connectivity index (χ0v) is 11.9. The van der Waals surface area contributed by atoms with Gasteiger partial charge in [-0.2, -0.15) is 0 Å². The van der Waals surface area contributed by atoms with Crippen LogP contribution in [0.1, 0.15) is 38.5 Å². The van der Waals surface area contributed by atoms with E-state index in [9.17, 15) is 8.42 Å². The summed E-state index contributed by atoms with van der Waals surface area (Å²) in [4.78, 5) is 0.139. The summed E-state index contributed by atoms with van der Waals surface area (Å²) in [6, 6.07) is 4.87. The predicted molar refractivity (Wildman–Crippen MR) is 73.6 cm³/mol. The lowest BCUT2D eigenvalue weighted by Crippen LogP contribution is -2.34. The van der Waals surface area contributed by atoms with Gasteiger partial charge in [0.1, 0.15) is 10.4 Å². The summed E-state index contributed by atoms with van der Waals surface area (Å²) in [5.41, 5.74) is 0.738. The molecule has 0 spiro atoms. The maximum absolute atomic E-state index is 12.5. The Morgan fingerprint density at radius 2 is 1.85 bits per heavy atom. The zero-order valence-electron chi connectivity index (χ0n) is 11.1. The van der Waals surface area contributed by atoms with Crippen molar-refractivity contribution in [2.45, 2.75) is 49.5 Å². The molecule has 1 heterocycles. The maximum atomic E-state index is 12.5. The molecule has 1 fully saturated rings. The van der Waals surface area contributed by atoms with Gasteiger partial charge >= 0.3 is 0 Å². The first kappa shape index (κ1) is 13.5. The molecule has 0 atom stereocenters. The van der Waals surface area contributed by atoms with Gasteiger partial charge < -0.3 is 0 Å². The Morgan fingerprint density at radius 3 is 2.60 bits per heavy atom. The molecule has 0 saturated heterocycles. The molecule has 20 heavy (non-hydrogen) atoms. The number of nitrogens with zero attached hydrogens (tertiary/aromatic N) is 2. The maximum Gasteiger partial charge on any atom is 0.243 e. The van der Waals surface area contributed by atoms with Crippen LogP contribution in [0.15, 0.2) is 27.7 Å². The minimum Gasteiger partial charge on any atom is -0.243 e. The Bertz CT molecular complexity index is 688. The molecular formula is C13H17N3O3S. The predicted octanol–water partition coefficient (Wildman–Crippen LogP) is 2.22. The van der Waals surface area contributed by atoms with Crippen LogP contribution in [0.4, 0.5) is 0 Å². The van der Waals surface area contributed by atoms with Crippen molar-refractivity contribution < 1.29 is 13.0 Å². The standard InChI is InChI=1S/C13H17N3O3S/c17-20(18,16-10-6-3-1-2-4-7-10)12-9-5-8-11-13(12)15-19-14-11/h5,8-10,16H,1-4,6-7H2. The van der Waals surface area contributed by atoms with Gasteiger partial charge in [-0.25, -0.2) is 17.8 Å². The minimum atomic E-state index is -3.59. The van der Waals surface area contributed by atoms with E-state index in [1.807, 2.05) is 0 Å². The minimum absolute atomic E-state index is 0.0117. The fraction of sp³-hybridized carbons (Fsp3) is 0.538. The molecule has 3 rings (SSSR count). The van der Waals surface area contributed by atoms with Crippen molar-refractivity contribution in [1.82, 2.24) is 15.0 Å². The molecule has 1 aromatic carbocycles. The van der Waals surface area contributed by atoms with E-state index in [0.29, 0.717) is 5.52 Å². The highest BCUT2D eigenvalue weighted by Crippen LogP contribution is 2.23. The molecule has 0 amide bonds. The highest BCUT2D eigenvalue weighted by atomic mass is 32.2. The van der Waals surface area contributed by atoms with Gasteiger partial charge in [0.15, 0.2) is 5.52 Å². The first-order valence-corrected chi connectivity index (χ1v) is 8.39. The summed E-state index contributed by atoms with van der Waals surface area (Å²) in [7, 11) is -3.59. The molecule has 7 heteroatoms. The lowest BCUT2D eigenvalue weighted by molar-refractivity contribution is 0.315. The van der Waals surface area contributed by atoms with Crippen LogP contribution in [-0.4, -0.2) is 24.8 Å². The Balaban J connectivity index is 1.89. The highest BCUT2D eigenvalue weighted by Gasteiger charge is 2.24. The molecule has 108 valence electrons. The number of hydrogen-bond donors (Lipinski definition) is 1. The third-order valence-corrected chi connectivity index (χ3v) is 5.27. The average molecular weight is 295 g/mol. The molecule has 1 N–H and O–H groups in total. The summed E-state index contributed by atoms with van der Waals surface area (Å²) >= 11 is 0. The van der Waals surface area contributed by atoms with Gasteiger partial charge in [-0.1, -0.05) is 31.7 Å². The number of aromatic nitrogens is 2. The van der Waals surface area contributed by atoms with Gasteiger partial charge in [-0.15, -0.1) is 0 Å². The van der Waals surface area contributed by atoms with Crippen LogP contribution in [0.2, 0.25) is 0 Å². The molecule has 1 aliphatic carbocycles. The van der Waals surface area contributed by atoms with Gasteiger partial charge in [-0.3, -0.25) is 0 Å². The van der Waals surface area contributed by atoms with Gasteiger partial charge in [0.05, 0.1) is 0 Å². The van der Waals surface area contributed by atoms with Crippen LogP contribution in [0.25, 0.3) is 11.0 Å². The van der Waals surface area contributed by atoms with Crippen LogP contribution in [0.5, 0.6) is 0 Å². The van der Waals surface area contributed by atoms with Crippen molar-refractivity contribution in [2.75, 3.05) is 0 Å². The first-order valence-electron chi connectivity index (χ1n) is 6.90. The van der Waals surface area contributed by atoms with Crippen molar-refractivity contribution in [3.05, 3.63) is 18.2 Å². The number of hydrogen-bond acceptors (Lipinski definition) is 5. The smallest absolute Gasteiger partial charge is 0.243 e. The fourth-order valence-corrected chi connectivity index (χ4v) is 4.13. The molecule has 0 bridgehead atoms. The topological polar surface area (TPSA) is 85.1 Å². The van der Waals surface area contributed by atoms with Crippen molar-refractivity contribution in [3.63, 3.8) is 0 Å².